The standard InChI is InChI=1S/C3H6O2.Mg.2H/c1-3(5)2-4;;;/h2-3,5H,1H3;;;. The fourth-order valence-electron chi connectivity index (χ4n) is 0. The van der Waals surface area contributed by atoms with Gasteiger partial charge in [-0.1, -0.05) is 0 Å². The zero-order valence-electron chi connectivity index (χ0n) is 3.01. The maximum absolute atomic E-state index is 9.25. The number of carbonyl (C=O) groups excluding carboxylic acids is 1. The molecule has 1 N–H and O–H groups in total. The van der Waals surface area contributed by atoms with E-state index in [4.69, 9.17) is 5.11 Å². The summed E-state index contributed by atoms with van der Waals surface area (Å²) in [6.07, 6.45) is -0.324. The Balaban J connectivity index is 0. The van der Waals surface area contributed by atoms with Gasteiger partial charge >= 0.3 is 23.1 Å². The molecule has 0 aromatic heterocycles. The van der Waals surface area contributed by atoms with Gasteiger partial charge in [-0.25, -0.2) is 0 Å². The molecule has 0 heterocycles. The van der Waals surface area contributed by atoms with Crippen LogP contribution in [0.1, 0.15) is 6.92 Å². The number of hydrogen-bond donors (Lipinski definition) is 1. The SMILES string of the molecule is CC(O)C=O.[MgH2]. The summed E-state index contributed by atoms with van der Waals surface area (Å²) in [5, 5.41) is 7.99. The van der Waals surface area contributed by atoms with Crippen molar-refractivity contribution in [3.05, 3.63) is 0 Å². The van der Waals surface area contributed by atoms with Crippen molar-refractivity contribution >= 4 is 29.3 Å². The molecule has 1 unspecified atom stereocenters. The van der Waals surface area contributed by atoms with E-state index in [1.807, 2.05) is 0 Å². The molecule has 0 saturated heterocycles. The molecule has 2 nitrogen and oxygen atoms in total. The molecule has 3 heteroatoms. The van der Waals surface area contributed by atoms with Gasteiger partial charge in [-0.3, -0.25) is 0 Å². The molecule has 0 aromatic rings. The van der Waals surface area contributed by atoms with E-state index in [1.165, 1.54) is 6.92 Å². The Morgan fingerprint density at radius 1 is 1.83 bits per heavy atom. The van der Waals surface area contributed by atoms with Crippen LogP contribution in [-0.4, -0.2) is 40.5 Å². The Bertz CT molecular complexity index is 35.8. The largest absolute Gasteiger partial charge is 0.386 e. The summed E-state index contributed by atoms with van der Waals surface area (Å²) >= 11 is 0. The van der Waals surface area contributed by atoms with Gasteiger partial charge in [-0.05, 0) is 6.92 Å². The third-order valence-corrected chi connectivity index (χ3v) is 0.197. The predicted molar refractivity (Wildman–Crippen MR) is 26.3 cm³/mol. The first-order valence-corrected chi connectivity index (χ1v) is 1.40. The van der Waals surface area contributed by atoms with Crippen molar-refractivity contribution in [1.29, 1.82) is 0 Å². The fraction of sp³-hybridized carbons (Fsp3) is 0.667. The Morgan fingerprint density at radius 3 is 2.00 bits per heavy atom. The van der Waals surface area contributed by atoms with Gasteiger partial charge in [0.15, 0.2) is 0 Å². The second-order valence-corrected chi connectivity index (χ2v) is 0.877. The smallest absolute Gasteiger partial charge is 0.316 e. The molecular weight excluding hydrogens is 92.3 g/mol. The van der Waals surface area contributed by atoms with E-state index in [-0.39, 0.29) is 23.1 Å². The molecule has 34 valence electrons. The molecule has 0 radical (unpaired) electrons. The zero-order valence-corrected chi connectivity index (χ0v) is 3.01. The second kappa shape index (κ2) is 5.40. The number of aliphatic hydroxyl groups excluding tert-OH is 1. The minimum atomic E-state index is -0.796. The van der Waals surface area contributed by atoms with Crippen LogP contribution in [0.3, 0.4) is 0 Å². The molecule has 0 amide bonds. The Hall–Kier alpha value is 0.396. The van der Waals surface area contributed by atoms with Gasteiger partial charge in [0.1, 0.15) is 12.4 Å². The van der Waals surface area contributed by atoms with E-state index in [1.54, 1.807) is 0 Å². The first-order chi connectivity index (χ1) is 2.27. The maximum Gasteiger partial charge on any atom is 0.316 e. The van der Waals surface area contributed by atoms with Crippen LogP contribution >= 0.6 is 0 Å². The normalized spacial score (nSPS) is 11.7. The molecule has 0 aliphatic rings. The van der Waals surface area contributed by atoms with Crippen LogP contribution in [0.5, 0.6) is 0 Å². The van der Waals surface area contributed by atoms with E-state index in [0.29, 0.717) is 6.29 Å². The van der Waals surface area contributed by atoms with Crippen LogP contribution in [-0.2, 0) is 4.79 Å². The van der Waals surface area contributed by atoms with Gasteiger partial charge in [-0.2, -0.15) is 0 Å². The Kier molecular flexibility index (Phi) is 8.67. The summed E-state index contributed by atoms with van der Waals surface area (Å²) in [6.45, 7) is 1.41. The Morgan fingerprint density at radius 2 is 2.00 bits per heavy atom. The van der Waals surface area contributed by atoms with Crippen LogP contribution in [0.15, 0.2) is 0 Å². The van der Waals surface area contributed by atoms with Crippen LogP contribution < -0.4 is 0 Å². The van der Waals surface area contributed by atoms with Crippen molar-refractivity contribution in [3.63, 3.8) is 0 Å². The second-order valence-electron chi connectivity index (χ2n) is 0.877. The van der Waals surface area contributed by atoms with Crippen LogP contribution in [0.2, 0.25) is 0 Å². The lowest BCUT2D eigenvalue weighted by Crippen LogP contribution is -1.97. The molecule has 0 bridgehead atoms. The van der Waals surface area contributed by atoms with Crippen molar-refractivity contribution in [2.45, 2.75) is 13.0 Å². The summed E-state index contributed by atoms with van der Waals surface area (Å²) in [5.41, 5.74) is 0. The molecule has 0 rings (SSSR count). The average molecular weight is 100 g/mol. The van der Waals surface area contributed by atoms with Crippen molar-refractivity contribution in [2.24, 2.45) is 0 Å². The van der Waals surface area contributed by atoms with Crippen LogP contribution in [0.4, 0.5) is 0 Å². The van der Waals surface area contributed by atoms with Gasteiger partial charge in [0.05, 0.1) is 0 Å². The van der Waals surface area contributed by atoms with E-state index < -0.39 is 6.10 Å². The molecule has 6 heavy (non-hydrogen) atoms. The van der Waals surface area contributed by atoms with Crippen molar-refractivity contribution < 1.29 is 9.90 Å². The third kappa shape index (κ3) is 8.83. The summed E-state index contributed by atoms with van der Waals surface area (Å²) in [6, 6.07) is 0. The zero-order chi connectivity index (χ0) is 4.28. The van der Waals surface area contributed by atoms with E-state index >= 15 is 0 Å². The van der Waals surface area contributed by atoms with Crippen LogP contribution in [0, 0.1) is 0 Å². The van der Waals surface area contributed by atoms with E-state index in [0.717, 1.165) is 0 Å². The highest BCUT2D eigenvalue weighted by Crippen LogP contribution is 1.62. The minimum Gasteiger partial charge on any atom is -0.386 e. The molecule has 0 fully saturated rings. The molecule has 0 spiro atoms. The summed E-state index contributed by atoms with van der Waals surface area (Å²) < 4.78 is 0. The molecule has 0 saturated carbocycles. The lowest BCUT2D eigenvalue weighted by molar-refractivity contribution is -0.114. The highest BCUT2D eigenvalue weighted by Gasteiger charge is 1.81. The highest BCUT2D eigenvalue weighted by atomic mass is 24.3. The first kappa shape index (κ1) is 9.64. The quantitative estimate of drug-likeness (QED) is 0.327. The minimum absolute atomic E-state index is 0. The number of aliphatic hydroxyl groups is 1. The predicted octanol–water partition coefficient (Wildman–Crippen LogP) is -1.35. The van der Waals surface area contributed by atoms with Gasteiger partial charge in [0.25, 0.3) is 0 Å². The van der Waals surface area contributed by atoms with E-state index in [2.05, 4.69) is 0 Å². The van der Waals surface area contributed by atoms with Crippen molar-refractivity contribution in [3.8, 4) is 0 Å². The highest BCUT2D eigenvalue weighted by molar-refractivity contribution is 5.75. The third-order valence-electron chi connectivity index (χ3n) is 0.197. The number of hydrogen-bond acceptors (Lipinski definition) is 2. The van der Waals surface area contributed by atoms with Gasteiger partial charge < -0.3 is 9.90 Å². The molecular formula is C3H8MgO2. The molecule has 0 aromatic carbocycles. The summed E-state index contributed by atoms with van der Waals surface area (Å²) in [4.78, 5) is 9.25. The summed E-state index contributed by atoms with van der Waals surface area (Å²) in [7, 11) is 0. The monoisotopic (exact) mass is 100 g/mol. The van der Waals surface area contributed by atoms with Gasteiger partial charge in [-0.15, -0.1) is 0 Å². The molecule has 0 aliphatic heterocycles. The van der Waals surface area contributed by atoms with Gasteiger partial charge in [0.2, 0.25) is 0 Å². The lowest BCUT2D eigenvalue weighted by atomic mass is 10.5. The topological polar surface area (TPSA) is 37.3 Å². The van der Waals surface area contributed by atoms with E-state index in [9.17, 15) is 4.79 Å². The lowest BCUT2D eigenvalue weighted by Gasteiger charge is -1.79. The van der Waals surface area contributed by atoms with Crippen LogP contribution in [0.25, 0.3) is 0 Å². The number of aldehydes is 1. The number of carbonyl (C=O) groups is 1. The fourth-order valence-corrected chi connectivity index (χ4v) is 0. The Labute approximate surface area is 52.7 Å². The van der Waals surface area contributed by atoms with Gasteiger partial charge in [0, 0.05) is 0 Å². The maximum atomic E-state index is 9.25. The molecule has 1 atom stereocenters. The number of rotatable bonds is 1. The molecule has 0 aliphatic carbocycles. The van der Waals surface area contributed by atoms with Crippen molar-refractivity contribution in [1.82, 2.24) is 0 Å². The first-order valence-electron chi connectivity index (χ1n) is 1.40. The summed E-state index contributed by atoms with van der Waals surface area (Å²) in [5.74, 6) is 0. The van der Waals surface area contributed by atoms with Crippen molar-refractivity contribution in [2.75, 3.05) is 0 Å². The average Bonchev–Trinajstić information content (AvgIpc) is 1.38.